The van der Waals surface area contributed by atoms with Crippen LogP contribution in [0.1, 0.15) is 26.5 Å². The van der Waals surface area contributed by atoms with E-state index in [0.29, 0.717) is 22.6 Å². The number of methoxy groups -OCH3 is 2. The molecule has 0 saturated carbocycles. The first kappa shape index (κ1) is 17.4. The maximum Gasteiger partial charge on any atom is 0.228 e. The monoisotopic (exact) mass is 350 g/mol. The lowest BCUT2D eigenvalue weighted by Gasteiger charge is -2.08. The summed E-state index contributed by atoms with van der Waals surface area (Å²) in [7, 11) is 3.13. The number of benzene rings is 2. The number of hydrogen-bond donors (Lipinski definition) is 0. The molecule has 2 aromatic carbocycles. The van der Waals surface area contributed by atoms with Gasteiger partial charge in [-0.2, -0.15) is 0 Å². The molecule has 132 valence electrons. The highest BCUT2D eigenvalue weighted by Gasteiger charge is 2.17. The Hall–Kier alpha value is -3.41. The van der Waals surface area contributed by atoms with Crippen molar-refractivity contribution in [2.24, 2.45) is 0 Å². The topological polar surface area (TPSA) is 70.4 Å². The number of aromatic nitrogens is 2. The molecule has 0 aliphatic heterocycles. The highest BCUT2D eigenvalue weighted by atomic mass is 16.5. The number of hydrogen-bond acceptors (Lipinski definition) is 5. The van der Waals surface area contributed by atoms with E-state index in [0.717, 1.165) is 0 Å². The van der Waals surface area contributed by atoms with Gasteiger partial charge in [0.15, 0.2) is 11.6 Å². The molecule has 0 amide bonds. The van der Waals surface area contributed by atoms with Crippen molar-refractivity contribution >= 4 is 11.6 Å². The molecule has 1 aromatic heterocycles. The van der Waals surface area contributed by atoms with Crippen molar-refractivity contribution in [3.05, 3.63) is 77.9 Å². The molecule has 0 aliphatic rings. The van der Waals surface area contributed by atoms with Crippen molar-refractivity contribution in [2.45, 2.75) is 6.54 Å². The van der Waals surface area contributed by atoms with E-state index in [1.807, 2.05) is 0 Å². The zero-order chi connectivity index (χ0) is 18.5. The lowest BCUT2D eigenvalue weighted by atomic mass is 10.1. The summed E-state index contributed by atoms with van der Waals surface area (Å²) in [6.07, 6.45) is 3.14. The highest BCUT2D eigenvalue weighted by Crippen LogP contribution is 2.16. The molecule has 0 atom stereocenters. The fourth-order valence-electron chi connectivity index (χ4n) is 2.54. The van der Waals surface area contributed by atoms with Crippen LogP contribution in [0.2, 0.25) is 0 Å². The quantitative estimate of drug-likeness (QED) is 0.613. The number of Topliss-reactive ketones (excluding diaryl/α,β-unsaturated/α-hetero) is 1. The van der Waals surface area contributed by atoms with E-state index >= 15 is 0 Å². The Labute approximate surface area is 151 Å². The lowest BCUT2D eigenvalue weighted by molar-refractivity contribution is 0.0967. The molecule has 0 unspecified atom stereocenters. The van der Waals surface area contributed by atoms with Gasteiger partial charge >= 0.3 is 0 Å². The summed E-state index contributed by atoms with van der Waals surface area (Å²) in [5.74, 6) is 1.20. The van der Waals surface area contributed by atoms with Crippen molar-refractivity contribution in [3.8, 4) is 11.5 Å². The summed E-state index contributed by atoms with van der Waals surface area (Å²) in [4.78, 5) is 29.3. The first-order valence-electron chi connectivity index (χ1n) is 7.99. The highest BCUT2D eigenvalue weighted by molar-refractivity contribution is 6.07. The van der Waals surface area contributed by atoms with E-state index in [1.54, 1.807) is 73.5 Å². The molecule has 0 aliphatic carbocycles. The third-order valence-electron chi connectivity index (χ3n) is 4.00. The van der Waals surface area contributed by atoms with Gasteiger partial charge in [-0.25, -0.2) is 4.98 Å². The van der Waals surface area contributed by atoms with Crippen LogP contribution in [0.15, 0.2) is 60.9 Å². The Balaban J connectivity index is 1.78. The average Bonchev–Trinajstić information content (AvgIpc) is 3.15. The van der Waals surface area contributed by atoms with E-state index in [-0.39, 0.29) is 23.9 Å². The number of imidazole rings is 1. The predicted molar refractivity (Wildman–Crippen MR) is 96.0 cm³/mol. The molecule has 0 N–H and O–H groups in total. The van der Waals surface area contributed by atoms with E-state index in [1.165, 1.54) is 6.20 Å². The van der Waals surface area contributed by atoms with Crippen molar-refractivity contribution < 1.29 is 19.1 Å². The Morgan fingerprint density at radius 3 is 1.96 bits per heavy atom. The average molecular weight is 350 g/mol. The molecular formula is C20H18N2O4. The van der Waals surface area contributed by atoms with Crippen LogP contribution < -0.4 is 9.47 Å². The summed E-state index contributed by atoms with van der Waals surface area (Å²) < 4.78 is 11.7. The fraction of sp³-hybridized carbons (Fsp3) is 0.150. The van der Waals surface area contributed by atoms with Gasteiger partial charge in [0, 0.05) is 23.5 Å². The van der Waals surface area contributed by atoms with Crippen LogP contribution in [-0.4, -0.2) is 35.3 Å². The van der Waals surface area contributed by atoms with Crippen LogP contribution in [0.25, 0.3) is 0 Å². The second-order valence-corrected chi connectivity index (χ2v) is 5.59. The molecular weight excluding hydrogens is 332 g/mol. The van der Waals surface area contributed by atoms with Crippen LogP contribution in [0.3, 0.4) is 0 Å². The Bertz CT molecular complexity index is 912. The van der Waals surface area contributed by atoms with Gasteiger partial charge in [0.2, 0.25) is 5.78 Å². The fourth-order valence-corrected chi connectivity index (χ4v) is 2.54. The molecule has 0 spiro atoms. The number of carbonyl (C=O) groups excluding carboxylic acids is 2. The van der Waals surface area contributed by atoms with Crippen LogP contribution in [0, 0.1) is 0 Å². The minimum absolute atomic E-state index is 0.0313. The van der Waals surface area contributed by atoms with Crippen LogP contribution >= 0.6 is 0 Å². The molecule has 26 heavy (non-hydrogen) atoms. The largest absolute Gasteiger partial charge is 0.497 e. The molecule has 1 heterocycles. The van der Waals surface area contributed by atoms with Crippen molar-refractivity contribution in [2.75, 3.05) is 14.2 Å². The molecule has 6 nitrogen and oxygen atoms in total. The molecule has 0 saturated heterocycles. The second kappa shape index (κ2) is 7.65. The zero-order valence-corrected chi connectivity index (χ0v) is 14.5. The predicted octanol–water partition coefficient (Wildman–Crippen LogP) is 3.01. The van der Waals surface area contributed by atoms with Gasteiger partial charge in [0.05, 0.1) is 20.8 Å². The van der Waals surface area contributed by atoms with Crippen molar-refractivity contribution in [1.29, 1.82) is 0 Å². The smallest absolute Gasteiger partial charge is 0.228 e. The summed E-state index contributed by atoms with van der Waals surface area (Å²) >= 11 is 0. The summed E-state index contributed by atoms with van der Waals surface area (Å²) in [5.41, 5.74) is 1.03. The number of rotatable bonds is 7. The Kier molecular flexibility index (Phi) is 5.12. The number of carbonyl (C=O) groups is 2. The molecule has 0 radical (unpaired) electrons. The maximum atomic E-state index is 12.7. The lowest BCUT2D eigenvalue weighted by Crippen LogP contribution is -2.16. The summed E-state index contributed by atoms with van der Waals surface area (Å²) in [6, 6.07) is 13.6. The molecule has 0 bridgehead atoms. The second-order valence-electron chi connectivity index (χ2n) is 5.59. The van der Waals surface area contributed by atoms with Crippen LogP contribution in [0.5, 0.6) is 11.5 Å². The number of ketones is 2. The van der Waals surface area contributed by atoms with E-state index in [9.17, 15) is 9.59 Å². The van der Waals surface area contributed by atoms with E-state index in [4.69, 9.17) is 9.47 Å². The van der Waals surface area contributed by atoms with Gasteiger partial charge in [0.1, 0.15) is 11.5 Å². The molecule has 0 fully saturated rings. The van der Waals surface area contributed by atoms with Crippen LogP contribution in [0.4, 0.5) is 0 Å². The van der Waals surface area contributed by atoms with Crippen molar-refractivity contribution in [3.63, 3.8) is 0 Å². The zero-order valence-electron chi connectivity index (χ0n) is 14.5. The first-order chi connectivity index (χ1) is 12.6. The first-order valence-corrected chi connectivity index (χ1v) is 7.99. The van der Waals surface area contributed by atoms with E-state index < -0.39 is 0 Å². The Morgan fingerprint density at radius 1 is 0.885 bits per heavy atom. The van der Waals surface area contributed by atoms with Gasteiger partial charge in [0.25, 0.3) is 0 Å². The third-order valence-corrected chi connectivity index (χ3v) is 4.00. The third kappa shape index (κ3) is 3.64. The summed E-state index contributed by atoms with van der Waals surface area (Å²) in [5, 5.41) is 0. The molecule has 3 rings (SSSR count). The van der Waals surface area contributed by atoms with Gasteiger partial charge in [-0.15, -0.1) is 0 Å². The van der Waals surface area contributed by atoms with Gasteiger partial charge in [-0.1, -0.05) is 0 Å². The van der Waals surface area contributed by atoms with Gasteiger partial charge < -0.3 is 14.0 Å². The molecule has 6 heteroatoms. The van der Waals surface area contributed by atoms with Gasteiger partial charge in [-0.05, 0) is 48.5 Å². The standard InChI is InChI=1S/C20H18N2O4/c1-25-16-7-3-14(4-8-16)18(23)13-22-12-11-21-20(22)19(24)15-5-9-17(26-2)10-6-15/h3-12H,13H2,1-2H3. The number of ether oxygens (including phenoxy) is 2. The van der Waals surface area contributed by atoms with E-state index in [2.05, 4.69) is 4.98 Å². The number of nitrogens with zero attached hydrogens (tertiary/aromatic N) is 2. The van der Waals surface area contributed by atoms with Gasteiger partial charge in [-0.3, -0.25) is 9.59 Å². The van der Waals surface area contributed by atoms with Crippen LogP contribution in [-0.2, 0) is 6.54 Å². The Morgan fingerprint density at radius 2 is 1.42 bits per heavy atom. The minimum atomic E-state index is -0.250. The summed E-state index contributed by atoms with van der Waals surface area (Å²) in [6.45, 7) is 0.0313. The van der Waals surface area contributed by atoms with Crippen molar-refractivity contribution in [1.82, 2.24) is 9.55 Å². The molecule has 3 aromatic rings. The minimum Gasteiger partial charge on any atom is -0.497 e. The normalized spacial score (nSPS) is 10.4. The SMILES string of the molecule is COc1ccc(C(=O)Cn2ccnc2C(=O)c2ccc(OC)cc2)cc1. The maximum absolute atomic E-state index is 12.7.